The number of rotatable bonds is 4. The van der Waals surface area contributed by atoms with E-state index in [9.17, 15) is 9.18 Å². The second kappa shape index (κ2) is 5.05. The van der Waals surface area contributed by atoms with Crippen molar-refractivity contribution in [3.8, 4) is 11.3 Å². The van der Waals surface area contributed by atoms with Crippen LogP contribution in [0.3, 0.4) is 0 Å². The third-order valence-corrected chi connectivity index (χ3v) is 3.95. The number of thiazole rings is 1. The van der Waals surface area contributed by atoms with Crippen molar-refractivity contribution in [2.45, 2.75) is 12.8 Å². The lowest BCUT2D eigenvalue weighted by Crippen LogP contribution is -2.11. The van der Waals surface area contributed by atoms with Gasteiger partial charge in [-0.05, 0) is 18.6 Å². The zero-order valence-electron chi connectivity index (χ0n) is 10.5. The Kier molecular flexibility index (Phi) is 3.23. The summed E-state index contributed by atoms with van der Waals surface area (Å²) in [5, 5.41) is 1.94. The van der Waals surface area contributed by atoms with Gasteiger partial charge in [0.15, 0.2) is 4.96 Å². The molecule has 3 aromatic rings. The topological polar surface area (TPSA) is 60.4 Å². The van der Waals surface area contributed by atoms with E-state index in [2.05, 4.69) is 4.98 Å². The normalized spacial score (nSPS) is 11.1. The number of amides is 1. The summed E-state index contributed by atoms with van der Waals surface area (Å²) in [4.78, 5) is 16.1. The fourth-order valence-electron chi connectivity index (χ4n) is 2.06. The first-order chi connectivity index (χ1) is 9.65. The Morgan fingerprint density at radius 3 is 2.95 bits per heavy atom. The largest absolute Gasteiger partial charge is 0.370 e. The summed E-state index contributed by atoms with van der Waals surface area (Å²) < 4.78 is 15.6. The van der Waals surface area contributed by atoms with E-state index < -0.39 is 0 Å². The van der Waals surface area contributed by atoms with Crippen molar-refractivity contribution in [1.82, 2.24) is 9.38 Å². The van der Waals surface area contributed by atoms with Crippen LogP contribution in [0.1, 0.15) is 12.1 Å². The lowest BCUT2D eigenvalue weighted by Gasteiger charge is -1.98. The summed E-state index contributed by atoms with van der Waals surface area (Å²) in [7, 11) is 0. The van der Waals surface area contributed by atoms with Gasteiger partial charge in [0.2, 0.25) is 5.91 Å². The van der Waals surface area contributed by atoms with Gasteiger partial charge < -0.3 is 5.73 Å². The Balaban J connectivity index is 1.99. The van der Waals surface area contributed by atoms with Crippen LogP contribution in [0, 0.1) is 5.82 Å². The van der Waals surface area contributed by atoms with Crippen molar-refractivity contribution >= 4 is 22.2 Å². The van der Waals surface area contributed by atoms with Crippen LogP contribution in [0.5, 0.6) is 0 Å². The molecular weight excluding hydrogens is 277 g/mol. The van der Waals surface area contributed by atoms with Crippen LogP contribution in [-0.4, -0.2) is 15.3 Å². The van der Waals surface area contributed by atoms with Gasteiger partial charge in [-0.1, -0.05) is 12.1 Å². The van der Waals surface area contributed by atoms with Crippen molar-refractivity contribution < 1.29 is 9.18 Å². The Morgan fingerprint density at radius 2 is 2.20 bits per heavy atom. The van der Waals surface area contributed by atoms with Crippen LogP contribution >= 0.6 is 11.3 Å². The smallest absolute Gasteiger partial charge is 0.217 e. The first-order valence-corrected chi connectivity index (χ1v) is 7.02. The molecule has 3 rings (SSSR count). The van der Waals surface area contributed by atoms with E-state index in [1.807, 2.05) is 9.78 Å². The fourth-order valence-corrected chi connectivity index (χ4v) is 2.97. The van der Waals surface area contributed by atoms with E-state index in [0.29, 0.717) is 24.1 Å². The van der Waals surface area contributed by atoms with Gasteiger partial charge in [0.1, 0.15) is 5.82 Å². The Labute approximate surface area is 118 Å². The van der Waals surface area contributed by atoms with E-state index in [4.69, 9.17) is 5.73 Å². The van der Waals surface area contributed by atoms with Crippen LogP contribution < -0.4 is 5.73 Å². The molecule has 6 heteroatoms. The minimum atomic E-state index is -0.334. The highest BCUT2D eigenvalue weighted by atomic mass is 32.1. The summed E-state index contributed by atoms with van der Waals surface area (Å²) in [6.45, 7) is 0. The molecule has 0 fully saturated rings. The first-order valence-electron chi connectivity index (χ1n) is 6.14. The summed E-state index contributed by atoms with van der Waals surface area (Å²) in [5.41, 5.74) is 7.19. The van der Waals surface area contributed by atoms with Crippen LogP contribution in [0.15, 0.2) is 35.8 Å². The number of imidazole rings is 1. The van der Waals surface area contributed by atoms with Crippen molar-refractivity contribution in [3.63, 3.8) is 0 Å². The van der Waals surface area contributed by atoms with Gasteiger partial charge in [-0.25, -0.2) is 9.37 Å². The van der Waals surface area contributed by atoms with E-state index in [1.54, 1.807) is 24.4 Å². The number of nitrogens with two attached hydrogens (primary N) is 1. The van der Waals surface area contributed by atoms with E-state index >= 15 is 0 Å². The van der Waals surface area contributed by atoms with Gasteiger partial charge >= 0.3 is 0 Å². The van der Waals surface area contributed by atoms with Gasteiger partial charge in [0.25, 0.3) is 0 Å². The third kappa shape index (κ3) is 2.30. The first kappa shape index (κ1) is 12.8. The van der Waals surface area contributed by atoms with Crippen molar-refractivity contribution in [2.24, 2.45) is 5.73 Å². The van der Waals surface area contributed by atoms with Crippen LogP contribution in [0.4, 0.5) is 4.39 Å². The van der Waals surface area contributed by atoms with Crippen molar-refractivity contribution in [1.29, 1.82) is 0 Å². The summed E-state index contributed by atoms with van der Waals surface area (Å²) in [5.74, 6) is -0.629. The molecule has 1 aromatic carbocycles. The molecule has 2 aromatic heterocycles. The summed E-state index contributed by atoms with van der Waals surface area (Å²) in [6, 6.07) is 6.54. The molecule has 0 aliphatic carbocycles. The molecular formula is C14H12FN3OS. The molecule has 0 radical (unpaired) electrons. The van der Waals surface area contributed by atoms with Crippen molar-refractivity contribution in [3.05, 3.63) is 47.4 Å². The molecule has 2 heterocycles. The third-order valence-electron chi connectivity index (χ3n) is 3.06. The summed E-state index contributed by atoms with van der Waals surface area (Å²) in [6.07, 6.45) is 2.64. The monoisotopic (exact) mass is 289 g/mol. The highest BCUT2D eigenvalue weighted by Gasteiger charge is 2.12. The number of carbonyl (C=O) groups is 1. The minimum Gasteiger partial charge on any atom is -0.370 e. The standard InChI is InChI=1S/C14H12FN3OS/c15-11-4-2-1-3-10(11)12-7-18-9(5-6-13(16)19)8-20-14(18)17-12/h1-4,7-8H,5-6H2,(H2,16,19). The number of aryl methyl sites for hydroxylation is 1. The van der Waals surface area contributed by atoms with Crippen LogP contribution in [0.25, 0.3) is 16.2 Å². The predicted octanol–water partition coefficient (Wildman–Crippen LogP) is 2.62. The molecule has 1 amide bonds. The maximum atomic E-state index is 13.8. The molecule has 2 N–H and O–H groups in total. The molecule has 0 saturated carbocycles. The highest BCUT2D eigenvalue weighted by Crippen LogP contribution is 2.25. The quantitative estimate of drug-likeness (QED) is 0.802. The molecule has 0 aliphatic heterocycles. The number of aromatic nitrogens is 2. The van der Waals surface area contributed by atoms with Gasteiger partial charge in [0, 0.05) is 29.3 Å². The van der Waals surface area contributed by atoms with E-state index in [-0.39, 0.29) is 11.7 Å². The molecule has 20 heavy (non-hydrogen) atoms. The number of nitrogens with zero attached hydrogens (tertiary/aromatic N) is 2. The highest BCUT2D eigenvalue weighted by molar-refractivity contribution is 7.15. The van der Waals surface area contributed by atoms with Gasteiger partial charge in [-0.2, -0.15) is 0 Å². The number of fused-ring (bicyclic) bond motifs is 1. The van der Waals surface area contributed by atoms with Gasteiger partial charge in [0.05, 0.1) is 5.69 Å². The number of primary amides is 1. The summed E-state index contributed by atoms with van der Waals surface area (Å²) >= 11 is 1.46. The number of hydrogen-bond acceptors (Lipinski definition) is 3. The average molecular weight is 289 g/mol. The van der Waals surface area contributed by atoms with Gasteiger partial charge in [-0.15, -0.1) is 11.3 Å². The molecule has 4 nitrogen and oxygen atoms in total. The second-order valence-electron chi connectivity index (χ2n) is 4.45. The molecule has 0 atom stereocenters. The molecule has 0 unspecified atom stereocenters. The number of hydrogen-bond donors (Lipinski definition) is 1. The van der Waals surface area contributed by atoms with E-state index in [0.717, 1.165) is 10.7 Å². The minimum absolute atomic E-state index is 0.291. The number of carbonyl (C=O) groups excluding carboxylic acids is 1. The van der Waals surface area contributed by atoms with Crippen LogP contribution in [0.2, 0.25) is 0 Å². The SMILES string of the molecule is NC(=O)CCc1csc2nc(-c3ccccc3F)cn12. The lowest BCUT2D eigenvalue weighted by atomic mass is 10.1. The van der Waals surface area contributed by atoms with Crippen LogP contribution in [-0.2, 0) is 11.2 Å². The average Bonchev–Trinajstić information content (AvgIpc) is 2.97. The Hall–Kier alpha value is -2.21. The second-order valence-corrected chi connectivity index (χ2v) is 5.29. The van der Waals surface area contributed by atoms with E-state index in [1.165, 1.54) is 17.4 Å². The van der Waals surface area contributed by atoms with Gasteiger partial charge in [-0.3, -0.25) is 9.20 Å². The molecule has 0 saturated heterocycles. The number of benzene rings is 1. The molecule has 0 spiro atoms. The predicted molar refractivity (Wildman–Crippen MR) is 76.0 cm³/mol. The number of halogens is 1. The zero-order valence-corrected chi connectivity index (χ0v) is 11.4. The Bertz CT molecular complexity index is 778. The maximum Gasteiger partial charge on any atom is 0.217 e. The zero-order chi connectivity index (χ0) is 14.1. The fraction of sp³-hybridized carbons (Fsp3) is 0.143. The van der Waals surface area contributed by atoms with Crippen molar-refractivity contribution in [2.75, 3.05) is 0 Å². The maximum absolute atomic E-state index is 13.8. The lowest BCUT2D eigenvalue weighted by molar-refractivity contribution is -0.118. The Morgan fingerprint density at radius 1 is 1.40 bits per heavy atom. The molecule has 0 aliphatic rings. The molecule has 102 valence electrons. The molecule has 0 bridgehead atoms.